The Kier molecular flexibility index (Phi) is 8.27. The van der Waals surface area contributed by atoms with Crippen LogP contribution in [0.3, 0.4) is 0 Å². The average Bonchev–Trinajstić information content (AvgIpc) is 2.51. The largest absolute Gasteiger partial charge is 0.371 e. The minimum Gasteiger partial charge on any atom is -0.237 e. The molecule has 170 valence electrons. The van der Waals surface area contributed by atoms with E-state index in [2.05, 4.69) is 5.73 Å². The van der Waals surface area contributed by atoms with Gasteiger partial charge >= 0.3 is 23.8 Å². The Balaban J connectivity index is 5.59. The molecule has 0 rings (SSSR count). The standard InChI is InChI=1S/C18H23F10N/c1-6-12(2)10-8-7-9-11-13(3,19)16(23,24)18(27,28)29-15(5,22)17(25,26)14(4,20)21/h6-7,10,29H,9,11H2,1-5H3/b12-6-. The van der Waals surface area contributed by atoms with E-state index in [1.165, 1.54) is 6.08 Å². The Labute approximate surface area is 162 Å². The predicted molar refractivity (Wildman–Crippen MR) is 88.9 cm³/mol. The molecule has 1 N–H and O–H groups in total. The lowest BCUT2D eigenvalue weighted by atomic mass is 9.91. The molecule has 0 aliphatic rings. The van der Waals surface area contributed by atoms with Gasteiger partial charge in [0.2, 0.25) is 5.79 Å². The quantitative estimate of drug-likeness (QED) is 0.167. The van der Waals surface area contributed by atoms with Crippen molar-refractivity contribution in [3.05, 3.63) is 29.5 Å². The molecule has 0 aromatic heterocycles. The van der Waals surface area contributed by atoms with Gasteiger partial charge in [0, 0.05) is 6.92 Å². The van der Waals surface area contributed by atoms with Gasteiger partial charge in [-0.15, -0.1) is 5.73 Å². The maximum Gasteiger partial charge on any atom is 0.371 e. The zero-order valence-corrected chi connectivity index (χ0v) is 16.4. The second-order valence-corrected chi connectivity index (χ2v) is 7.02. The van der Waals surface area contributed by atoms with E-state index in [1.807, 2.05) is 0 Å². The lowest BCUT2D eigenvalue weighted by Crippen LogP contribution is -2.71. The zero-order valence-electron chi connectivity index (χ0n) is 16.4. The summed E-state index contributed by atoms with van der Waals surface area (Å²) in [5, 5.41) is -0.110. The molecule has 0 amide bonds. The summed E-state index contributed by atoms with van der Waals surface area (Å²) in [6, 6.07) is -5.92. The van der Waals surface area contributed by atoms with Gasteiger partial charge in [-0.25, -0.2) is 22.9 Å². The van der Waals surface area contributed by atoms with Crippen LogP contribution in [-0.2, 0) is 0 Å². The van der Waals surface area contributed by atoms with Crippen LogP contribution in [0.1, 0.15) is 47.5 Å². The van der Waals surface area contributed by atoms with Crippen LogP contribution in [-0.4, -0.2) is 35.3 Å². The highest BCUT2D eigenvalue weighted by Crippen LogP contribution is 2.49. The smallest absolute Gasteiger partial charge is 0.237 e. The average molecular weight is 443 g/mol. The third-order valence-electron chi connectivity index (χ3n) is 4.22. The number of halogens is 10. The molecule has 0 aliphatic heterocycles. The van der Waals surface area contributed by atoms with Crippen molar-refractivity contribution in [3.8, 4) is 0 Å². The molecule has 0 heterocycles. The maximum absolute atomic E-state index is 14.3. The van der Waals surface area contributed by atoms with E-state index >= 15 is 0 Å². The van der Waals surface area contributed by atoms with Crippen LogP contribution in [0.5, 0.6) is 0 Å². The zero-order chi connectivity index (χ0) is 23.5. The Bertz CT molecular complexity index is 650. The van der Waals surface area contributed by atoms with Gasteiger partial charge in [-0.1, -0.05) is 6.08 Å². The summed E-state index contributed by atoms with van der Waals surface area (Å²) in [6.45, 7) is 2.50. The van der Waals surface area contributed by atoms with E-state index in [4.69, 9.17) is 0 Å². The fraction of sp³-hybridized carbons (Fsp3) is 0.722. The summed E-state index contributed by atoms with van der Waals surface area (Å²) in [5.74, 6) is -21.7. The lowest BCUT2D eigenvalue weighted by molar-refractivity contribution is -0.328. The van der Waals surface area contributed by atoms with Crippen molar-refractivity contribution in [2.45, 2.75) is 82.7 Å². The number of hydrogen-bond acceptors (Lipinski definition) is 1. The van der Waals surface area contributed by atoms with Gasteiger partial charge in [-0.2, -0.15) is 26.3 Å². The monoisotopic (exact) mass is 443 g/mol. The van der Waals surface area contributed by atoms with Crippen molar-refractivity contribution in [2.75, 3.05) is 0 Å². The summed E-state index contributed by atoms with van der Waals surface area (Å²) >= 11 is 0. The van der Waals surface area contributed by atoms with E-state index in [1.54, 1.807) is 19.9 Å². The van der Waals surface area contributed by atoms with E-state index in [0.717, 1.165) is 11.6 Å². The van der Waals surface area contributed by atoms with E-state index in [9.17, 15) is 43.9 Å². The minimum atomic E-state index is -5.92. The van der Waals surface area contributed by atoms with Crippen molar-refractivity contribution in [1.82, 2.24) is 5.32 Å². The predicted octanol–water partition coefficient (Wildman–Crippen LogP) is 6.97. The van der Waals surface area contributed by atoms with Crippen LogP contribution in [0, 0.1) is 0 Å². The molecule has 0 saturated heterocycles. The number of allylic oxidation sites excluding steroid dienone is 3. The molecular formula is C18H23F10N. The SMILES string of the molecule is C/C=C(/C)C=C=CCCC(C)(F)C(F)(F)C(F)(F)NC(C)(F)C(F)(F)C(C)(F)F. The van der Waals surface area contributed by atoms with Crippen molar-refractivity contribution in [2.24, 2.45) is 0 Å². The Hall–Kier alpha value is -1.48. The number of alkyl halides is 10. The Morgan fingerprint density at radius 3 is 1.76 bits per heavy atom. The molecule has 0 saturated carbocycles. The molecule has 1 nitrogen and oxygen atoms in total. The van der Waals surface area contributed by atoms with Crippen LogP contribution in [0.15, 0.2) is 29.5 Å². The van der Waals surface area contributed by atoms with Gasteiger partial charge in [-0.05, 0) is 58.3 Å². The van der Waals surface area contributed by atoms with Gasteiger partial charge in [0.1, 0.15) is 0 Å². The van der Waals surface area contributed by atoms with Crippen molar-refractivity contribution < 1.29 is 43.9 Å². The minimum absolute atomic E-state index is 0.0689. The number of hydrogen-bond donors (Lipinski definition) is 1. The third-order valence-corrected chi connectivity index (χ3v) is 4.22. The van der Waals surface area contributed by atoms with Crippen molar-refractivity contribution in [1.29, 1.82) is 0 Å². The van der Waals surface area contributed by atoms with Crippen molar-refractivity contribution >= 4 is 0 Å². The van der Waals surface area contributed by atoms with Crippen LogP contribution < -0.4 is 5.32 Å². The van der Waals surface area contributed by atoms with Crippen LogP contribution >= 0.6 is 0 Å². The molecule has 11 heteroatoms. The number of nitrogens with one attached hydrogen (secondary N) is 1. The van der Waals surface area contributed by atoms with Crippen LogP contribution in [0.4, 0.5) is 43.9 Å². The number of rotatable bonds is 10. The fourth-order valence-electron chi connectivity index (χ4n) is 2.05. The molecule has 29 heavy (non-hydrogen) atoms. The van der Waals surface area contributed by atoms with Crippen LogP contribution in [0.25, 0.3) is 0 Å². The first-order chi connectivity index (χ1) is 12.7. The van der Waals surface area contributed by atoms with Gasteiger partial charge in [0.15, 0.2) is 5.67 Å². The third kappa shape index (κ3) is 6.01. The molecule has 0 aromatic carbocycles. The van der Waals surface area contributed by atoms with Crippen LogP contribution in [0.2, 0.25) is 0 Å². The van der Waals surface area contributed by atoms with E-state index in [-0.39, 0.29) is 12.2 Å². The molecule has 0 fully saturated rings. The summed E-state index contributed by atoms with van der Waals surface area (Å²) < 4.78 is 137. The molecule has 0 spiro atoms. The molecule has 0 aliphatic carbocycles. The molecular weight excluding hydrogens is 420 g/mol. The summed E-state index contributed by atoms with van der Waals surface area (Å²) in [6.07, 6.45) is 2.45. The highest BCUT2D eigenvalue weighted by molar-refractivity contribution is 5.14. The van der Waals surface area contributed by atoms with Gasteiger partial charge in [0.25, 0.3) is 0 Å². The second-order valence-electron chi connectivity index (χ2n) is 7.02. The normalized spacial score (nSPS) is 18.5. The highest BCUT2D eigenvalue weighted by atomic mass is 19.3. The first-order valence-electron chi connectivity index (χ1n) is 8.38. The first-order valence-corrected chi connectivity index (χ1v) is 8.38. The van der Waals surface area contributed by atoms with Gasteiger partial charge in [0.05, 0.1) is 0 Å². The Morgan fingerprint density at radius 1 is 0.862 bits per heavy atom. The topological polar surface area (TPSA) is 12.0 Å². The summed E-state index contributed by atoms with van der Waals surface area (Å²) in [5.41, 5.74) is -0.781. The Morgan fingerprint density at radius 2 is 1.34 bits per heavy atom. The van der Waals surface area contributed by atoms with E-state index < -0.39 is 62.0 Å². The second kappa shape index (κ2) is 8.71. The highest BCUT2D eigenvalue weighted by Gasteiger charge is 2.74. The van der Waals surface area contributed by atoms with Crippen molar-refractivity contribution in [3.63, 3.8) is 0 Å². The summed E-state index contributed by atoms with van der Waals surface area (Å²) in [4.78, 5) is 0. The molecule has 2 atom stereocenters. The van der Waals surface area contributed by atoms with E-state index in [0.29, 0.717) is 0 Å². The van der Waals surface area contributed by atoms with Gasteiger partial charge in [-0.3, -0.25) is 0 Å². The maximum atomic E-state index is 14.3. The van der Waals surface area contributed by atoms with Gasteiger partial charge < -0.3 is 0 Å². The summed E-state index contributed by atoms with van der Waals surface area (Å²) in [7, 11) is 0. The lowest BCUT2D eigenvalue weighted by Gasteiger charge is -2.41. The molecule has 0 aromatic rings. The molecule has 0 bridgehead atoms. The molecule has 2 unspecified atom stereocenters. The first kappa shape index (κ1) is 27.5. The fourth-order valence-corrected chi connectivity index (χ4v) is 2.05. The molecule has 0 radical (unpaired) electrons.